The van der Waals surface area contributed by atoms with Gasteiger partial charge in [0.2, 0.25) is 5.78 Å². The SMILES string of the molecule is Cc1cc(C(=O)COC(=O)c2ccc(N3CCOCC3)c([N+](=O)[O-])c2)c(C)s1. The lowest BCUT2D eigenvalue weighted by Gasteiger charge is -2.28. The maximum Gasteiger partial charge on any atom is 0.338 e. The first-order valence-electron chi connectivity index (χ1n) is 8.75. The number of carbonyl (C=O) groups excluding carboxylic acids is 2. The van der Waals surface area contributed by atoms with Crippen molar-refractivity contribution >= 4 is 34.5 Å². The fourth-order valence-corrected chi connectivity index (χ4v) is 4.01. The number of nitro benzene ring substituents is 1. The van der Waals surface area contributed by atoms with Crippen LogP contribution in [0.1, 0.15) is 30.5 Å². The summed E-state index contributed by atoms with van der Waals surface area (Å²) in [6.07, 6.45) is 0. The molecule has 1 aromatic carbocycles. The van der Waals surface area contributed by atoms with Crippen molar-refractivity contribution in [3.63, 3.8) is 0 Å². The van der Waals surface area contributed by atoms with Gasteiger partial charge in [-0.2, -0.15) is 0 Å². The first-order valence-corrected chi connectivity index (χ1v) is 9.57. The van der Waals surface area contributed by atoms with Gasteiger partial charge in [0.1, 0.15) is 5.69 Å². The van der Waals surface area contributed by atoms with Crippen LogP contribution in [0.2, 0.25) is 0 Å². The topological polar surface area (TPSA) is 99.0 Å². The second-order valence-corrected chi connectivity index (χ2v) is 7.85. The van der Waals surface area contributed by atoms with Gasteiger partial charge >= 0.3 is 5.97 Å². The van der Waals surface area contributed by atoms with Gasteiger partial charge in [0.05, 0.1) is 23.7 Å². The number of Topliss-reactive ketones (excluding diaryl/α,β-unsaturated/α-hetero) is 1. The zero-order valence-electron chi connectivity index (χ0n) is 15.6. The zero-order valence-corrected chi connectivity index (χ0v) is 16.4. The Balaban J connectivity index is 1.72. The molecule has 1 aliphatic heterocycles. The standard InChI is InChI=1S/C19H20N2O6S/c1-12-9-15(13(2)28-12)18(22)11-27-19(23)14-3-4-16(17(10-14)21(24)25)20-5-7-26-8-6-20/h3-4,9-10H,5-8,11H2,1-2H3. The van der Waals surface area contributed by atoms with Crippen LogP contribution >= 0.6 is 11.3 Å². The molecule has 0 saturated carbocycles. The minimum Gasteiger partial charge on any atom is -0.454 e. The summed E-state index contributed by atoms with van der Waals surface area (Å²) in [5, 5.41) is 11.5. The third kappa shape index (κ3) is 4.37. The van der Waals surface area contributed by atoms with Crippen LogP contribution in [0, 0.1) is 24.0 Å². The summed E-state index contributed by atoms with van der Waals surface area (Å²) >= 11 is 1.50. The number of rotatable bonds is 6. The molecule has 1 saturated heterocycles. The minimum absolute atomic E-state index is 0.0368. The second-order valence-electron chi connectivity index (χ2n) is 6.39. The summed E-state index contributed by atoms with van der Waals surface area (Å²) in [6.45, 7) is 5.39. The Morgan fingerprint density at radius 1 is 1.25 bits per heavy atom. The number of nitrogens with zero attached hydrogens (tertiary/aromatic N) is 2. The molecule has 0 atom stereocenters. The van der Waals surface area contributed by atoms with Gasteiger partial charge < -0.3 is 14.4 Å². The lowest BCUT2D eigenvalue weighted by atomic mass is 10.1. The van der Waals surface area contributed by atoms with Gasteiger partial charge in [-0.05, 0) is 32.0 Å². The number of ether oxygens (including phenoxy) is 2. The molecular weight excluding hydrogens is 384 g/mol. The van der Waals surface area contributed by atoms with E-state index < -0.39 is 17.5 Å². The molecule has 0 radical (unpaired) electrons. The van der Waals surface area contributed by atoms with Gasteiger partial charge in [-0.1, -0.05) is 0 Å². The largest absolute Gasteiger partial charge is 0.454 e. The molecule has 0 amide bonds. The van der Waals surface area contributed by atoms with Crippen molar-refractivity contribution in [1.29, 1.82) is 0 Å². The molecule has 8 nitrogen and oxygen atoms in total. The van der Waals surface area contributed by atoms with E-state index in [-0.39, 0.29) is 17.0 Å². The first kappa shape index (κ1) is 20.0. The average Bonchev–Trinajstić information content (AvgIpc) is 3.04. The van der Waals surface area contributed by atoms with E-state index in [1.54, 1.807) is 6.07 Å². The Hall–Kier alpha value is -2.78. The number of morpholine rings is 1. The Morgan fingerprint density at radius 2 is 1.96 bits per heavy atom. The second kappa shape index (κ2) is 8.49. The van der Waals surface area contributed by atoms with E-state index >= 15 is 0 Å². The van der Waals surface area contributed by atoms with E-state index in [4.69, 9.17) is 9.47 Å². The smallest absolute Gasteiger partial charge is 0.338 e. The fourth-order valence-electron chi connectivity index (χ4n) is 3.07. The predicted molar refractivity (Wildman–Crippen MR) is 105 cm³/mol. The number of hydrogen-bond acceptors (Lipinski definition) is 8. The van der Waals surface area contributed by atoms with E-state index in [1.807, 2.05) is 18.7 Å². The summed E-state index contributed by atoms with van der Waals surface area (Å²) in [7, 11) is 0. The van der Waals surface area contributed by atoms with Gasteiger partial charge in [-0.15, -0.1) is 11.3 Å². The van der Waals surface area contributed by atoms with Crippen LogP contribution in [-0.2, 0) is 9.47 Å². The Kier molecular flexibility index (Phi) is 6.05. The Morgan fingerprint density at radius 3 is 2.57 bits per heavy atom. The predicted octanol–water partition coefficient (Wildman–Crippen LogP) is 3.15. The molecule has 0 N–H and O–H groups in total. The molecule has 2 aromatic rings. The van der Waals surface area contributed by atoms with Crippen molar-refractivity contribution in [2.24, 2.45) is 0 Å². The highest BCUT2D eigenvalue weighted by Gasteiger charge is 2.24. The van der Waals surface area contributed by atoms with Gasteiger partial charge in [0, 0.05) is 34.5 Å². The average molecular weight is 404 g/mol. The summed E-state index contributed by atoms with van der Waals surface area (Å²) < 4.78 is 10.4. The molecule has 0 bridgehead atoms. The molecule has 0 spiro atoms. The van der Waals surface area contributed by atoms with Crippen LogP contribution in [0.4, 0.5) is 11.4 Å². The van der Waals surface area contributed by atoms with Crippen molar-refractivity contribution in [2.75, 3.05) is 37.8 Å². The van der Waals surface area contributed by atoms with E-state index in [9.17, 15) is 19.7 Å². The maximum absolute atomic E-state index is 12.3. The van der Waals surface area contributed by atoms with Crippen molar-refractivity contribution in [1.82, 2.24) is 0 Å². The number of hydrogen-bond donors (Lipinski definition) is 0. The third-order valence-corrected chi connectivity index (χ3v) is 5.40. The van der Waals surface area contributed by atoms with Crippen LogP contribution in [0.25, 0.3) is 0 Å². The van der Waals surface area contributed by atoms with Gasteiger partial charge in [-0.25, -0.2) is 4.79 Å². The van der Waals surface area contributed by atoms with E-state index in [2.05, 4.69) is 0 Å². The summed E-state index contributed by atoms with van der Waals surface area (Å²) in [6, 6.07) is 5.97. The molecule has 0 unspecified atom stereocenters. The van der Waals surface area contributed by atoms with Gasteiger partial charge in [0.25, 0.3) is 5.69 Å². The van der Waals surface area contributed by atoms with Crippen LogP contribution in [-0.4, -0.2) is 49.6 Å². The molecular formula is C19H20N2O6S. The van der Waals surface area contributed by atoms with Crippen molar-refractivity contribution < 1.29 is 24.0 Å². The highest BCUT2D eigenvalue weighted by atomic mass is 32.1. The fraction of sp³-hybridized carbons (Fsp3) is 0.368. The Labute approximate surface area is 165 Å². The highest BCUT2D eigenvalue weighted by Crippen LogP contribution is 2.30. The van der Waals surface area contributed by atoms with Gasteiger partial charge in [-0.3, -0.25) is 14.9 Å². The quantitative estimate of drug-likeness (QED) is 0.316. The monoisotopic (exact) mass is 404 g/mol. The number of esters is 1. The van der Waals surface area contributed by atoms with Gasteiger partial charge in [0.15, 0.2) is 6.61 Å². The lowest BCUT2D eigenvalue weighted by molar-refractivity contribution is -0.384. The molecule has 0 aliphatic carbocycles. The molecule has 148 valence electrons. The number of thiophene rings is 1. The number of anilines is 1. The summed E-state index contributed by atoms with van der Waals surface area (Å²) in [4.78, 5) is 39.2. The molecule has 28 heavy (non-hydrogen) atoms. The normalized spacial score (nSPS) is 14.0. The summed E-state index contributed by atoms with van der Waals surface area (Å²) in [5.41, 5.74) is 0.830. The van der Waals surface area contributed by atoms with E-state index in [1.165, 1.54) is 29.5 Å². The van der Waals surface area contributed by atoms with Crippen LogP contribution in [0.3, 0.4) is 0 Å². The zero-order chi connectivity index (χ0) is 20.3. The third-order valence-electron chi connectivity index (χ3n) is 4.44. The maximum atomic E-state index is 12.3. The number of carbonyl (C=O) groups is 2. The number of ketones is 1. The lowest BCUT2D eigenvalue weighted by Crippen LogP contribution is -2.36. The molecule has 1 fully saturated rings. The molecule has 9 heteroatoms. The Bertz CT molecular complexity index is 917. The van der Waals surface area contributed by atoms with E-state index in [0.717, 1.165) is 9.75 Å². The van der Waals surface area contributed by atoms with Crippen LogP contribution in [0.15, 0.2) is 24.3 Å². The summed E-state index contributed by atoms with van der Waals surface area (Å²) in [5.74, 6) is -1.07. The highest BCUT2D eigenvalue weighted by molar-refractivity contribution is 7.12. The van der Waals surface area contributed by atoms with E-state index in [0.29, 0.717) is 37.6 Å². The number of aryl methyl sites for hydroxylation is 2. The number of benzene rings is 1. The van der Waals surface area contributed by atoms with Crippen LogP contribution < -0.4 is 4.90 Å². The minimum atomic E-state index is -0.769. The van der Waals surface area contributed by atoms with Crippen molar-refractivity contribution in [3.8, 4) is 0 Å². The van der Waals surface area contributed by atoms with Crippen molar-refractivity contribution in [3.05, 3.63) is 55.3 Å². The first-order chi connectivity index (χ1) is 13.4. The number of nitro groups is 1. The molecule has 1 aliphatic rings. The van der Waals surface area contributed by atoms with Crippen LogP contribution in [0.5, 0.6) is 0 Å². The molecule has 2 heterocycles. The molecule has 3 rings (SSSR count). The molecule has 1 aromatic heterocycles. The van der Waals surface area contributed by atoms with Crippen molar-refractivity contribution in [2.45, 2.75) is 13.8 Å².